The van der Waals surface area contributed by atoms with Crippen LogP contribution in [0.2, 0.25) is 0 Å². The number of aromatic nitrogens is 3. The number of fused-ring (bicyclic) bond motifs is 2. The highest BCUT2D eigenvalue weighted by Crippen LogP contribution is 2.35. The van der Waals surface area contributed by atoms with Gasteiger partial charge >= 0.3 is 5.97 Å². The highest BCUT2D eigenvalue weighted by Gasteiger charge is 2.22. The van der Waals surface area contributed by atoms with E-state index in [1.807, 2.05) is 16.7 Å². The number of hydrogen-bond donors (Lipinski definition) is 1. The van der Waals surface area contributed by atoms with Crippen LogP contribution >= 0.6 is 0 Å². The third-order valence-corrected chi connectivity index (χ3v) is 7.35. The van der Waals surface area contributed by atoms with Crippen molar-refractivity contribution in [2.75, 3.05) is 10.9 Å². The standard InChI is InChI=1S/C30H27N5O5S/c1-2-40-27(36)9-5-17-34-25-15-14-23(35(41(38)39)26-8-3-6-21-7-4-16-32-28(21)26)18-24(25)33-30(34)29(37)22-12-10-20(19-31)11-13-22/h3-4,6-8,10-16,18,29,37H,2,5,9,17H2,1H3,(H,38,39)/p-1. The summed E-state index contributed by atoms with van der Waals surface area (Å²) in [6, 6.07) is 22.6. The largest absolute Gasteiger partial charge is 0.755 e. The van der Waals surface area contributed by atoms with Gasteiger partial charge in [-0.25, -0.2) is 4.98 Å². The summed E-state index contributed by atoms with van der Waals surface area (Å²) in [5, 5.41) is 21.2. The molecule has 2 heterocycles. The minimum atomic E-state index is -2.68. The lowest BCUT2D eigenvalue weighted by atomic mass is 10.1. The first-order chi connectivity index (χ1) is 19.9. The molecule has 0 aliphatic heterocycles. The number of imidazole rings is 1. The first-order valence-electron chi connectivity index (χ1n) is 13.0. The minimum Gasteiger partial charge on any atom is -0.755 e. The van der Waals surface area contributed by atoms with Crippen molar-refractivity contribution in [1.29, 1.82) is 5.26 Å². The highest BCUT2D eigenvalue weighted by molar-refractivity contribution is 7.81. The molecule has 0 radical (unpaired) electrons. The predicted molar refractivity (Wildman–Crippen MR) is 154 cm³/mol. The number of aliphatic hydroxyl groups excluding tert-OH is 1. The molecule has 0 saturated heterocycles. The predicted octanol–water partition coefficient (Wildman–Crippen LogP) is 4.81. The molecule has 5 aromatic rings. The maximum atomic E-state index is 12.5. The summed E-state index contributed by atoms with van der Waals surface area (Å²) in [5.74, 6) is 0.0120. The van der Waals surface area contributed by atoms with Gasteiger partial charge in [-0.1, -0.05) is 30.3 Å². The van der Waals surface area contributed by atoms with E-state index < -0.39 is 17.4 Å². The van der Waals surface area contributed by atoms with Crippen molar-refractivity contribution in [1.82, 2.24) is 14.5 Å². The summed E-state index contributed by atoms with van der Waals surface area (Å²) in [5.41, 5.74) is 3.39. The van der Waals surface area contributed by atoms with Gasteiger partial charge in [-0.15, -0.1) is 0 Å². The maximum absolute atomic E-state index is 12.5. The molecular weight excluding hydrogens is 542 g/mol. The molecule has 1 N–H and O–H groups in total. The fraction of sp³-hybridized carbons (Fsp3) is 0.200. The van der Waals surface area contributed by atoms with Gasteiger partial charge in [-0.3, -0.25) is 18.3 Å². The number of carbonyl (C=O) groups excluding carboxylic acids is 1. The van der Waals surface area contributed by atoms with Gasteiger partial charge in [-0.05, 0) is 61.4 Å². The van der Waals surface area contributed by atoms with Gasteiger partial charge in [0.25, 0.3) is 0 Å². The van der Waals surface area contributed by atoms with E-state index in [4.69, 9.17) is 15.0 Å². The van der Waals surface area contributed by atoms with Crippen molar-refractivity contribution >= 4 is 50.5 Å². The van der Waals surface area contributed by atoms with Gasteiger partial charge in [0.15, 0.2) is 0 Å². The number of benzene rings is 3. The Morgan fingerprint density at radius 2 is 1.95 bits per heavy atom. The fourth-order valence-electron chi connectivity index (χ4n) is 4.77. The molecule has 0 aliphatic rings. The topological polar surface area (TPSA) is 144 Å². The number of aliphatic hydroxyl groups is 1. The number of pyridine rings is 1. The van der Waals surface area contributed by atoms with Crippen molar-refractivity contribution < 1.29 is 23.4 Å². The Labute approximate surface area is 238 Å². The molecule has 5 rings (SSSR count). The van der Waals surface area contributed by atoms with E-state index >= 15 is 0 Å². The van der Waals surface area contributed by atoms with Crippen LogP contribution < -0.4 is 4.31 Å². The second kappa shape index (κ2) is 12.3. The fourth-order valence-corrected chi connectivity index (χ4v) is 5.36. The second-order valence-electron chi connectivity index (χ2n) is 9.20. The Bertz CT molecular complexity index is 1780. The summed E-state index contributed by atoms with van der Waals surface area (Å²) in [6.45, 7) is 2.40. The van der Waals surface area contributed by atoms with Crippen LogP contribution in [0.4, 0.5) is 11.4 Å². The smallest absolute Gasteiger partial charge is 0.305 e. The van der Waals surface area contributed by atoms with Crippen LogP contribution in [0.1, 0.15) is 42.8 Å². The third-order valence-electron chi connectivity index (χ3n) is 6.64. The lowest BCUT2D eigenvalue weighted by Crippen LogP contribution is -2.20. The quantitative estimate of drug-likeness (QED) is 0.187. The Hall–Kier alpha value is -4.63. The van der Waals surface area contributed by atoms with Crippen LogP contribution in [0, 0.1) is 11.3 Å². The molecule has 0 aliphatic carbocycles. The number of esters is 1. The summed E-state index contributed by atoms with van der Waals surface area (Å²) < 4.78 is 33.1. The SMILES string of the molecule is CCOC(=O)CCCn1c(C(O)c2ccc(C#N)cc2)nc2cc(N(c3cccc4cccnc34)S(=O)[O-])ccc21. The average Bonchev–Trinajstić information content (AvgIpc) is 3.35. The zero-order chi connectivity index (χ0) is 28.9. The van der Waals surface area contributed by atoms with Gasteiger partial charge in [-0.2, -0.15) is 5.26 Å². The molecule has 2 unspecified atom stereocenters. The Morgan fingerprint density at radius 1 is 1.17 bits per heavy atom. The molecule has 0 fully saturated rings. The molecule has 2 aromatic heterocycles. The number of hydrogen-bond acceptors (Lipinski definition) is 8. The molecular formula is C30H26N5O5S-. The first kappa shape index (κ1) is 27.9. The highest BCUT2D eigenvalue weighted by atomic mass is 32.2. The Kier molecular flexibility index (Phi) is 8.35. The average molecular weight is 569 g/mol. The van der Waals surface area contributed by atoms with E-state index in [9.17, 15) is 18.7 Å². The van der Waals surface area contributed by atoms with Gasteiger partial charge in [0.2, 0.25) is 0 Å². The summed E-state index contributed by atoms with van der Waals surface area (Å²) >= 11 is -2.68. The second-order valence-corrected chi connectivity index (χ2v) is 10.0. The maximum Gasteiger partial charge on any atom is 0.305 e. The van der Waals surface area contributed by atoms with Gasteiger partial charge in [0, 0.05) is 24.5 Å². The molecule has 3 aromatic carbocycles. The minimum absolute atomic E-state index is 0.190. The molecule has 0 spiro atoms. The molecule has 0 saturated carbocycles. The number of para-hydroxylation sites is 1. The molecule has 41 heavy (non-hydrogen) atoms. The number of aryl methyl sites for hydroxylation is 1. The molecule has 208 valence electrons. The van der Waals surface area contributed by atoms with Gasteiger partial charge in [0.1, 0.15) is 11.9 Å². The van der Waals surface area contributed by atoms with E-state index in [-0.39, 0.29) is 12.4 Å². The zero-order valence-corrected chi connectivity index (χ0v) is 23.0. The zero-order valence-electron chi connectivity index (χ0n) is 22.1. The van der Waals surface area contributed by atoms with Crippen molar-refractivity contribution in [2.24, 2.45) is 0 Å². The summed E-state index contributed by atoms with van der Waals surface area (Å²) in [4.78, 5) is 21.1. The summed E-state index contributed by atoms with van der Waals surface area (Å²) in [6.07, 6.45) is 1.11. The summed E-state index contributed by atoms with van der Waals surface area (Å²) in [7, 11) is 0. The molecule has 2 atom stereocenters. The Balaban J connectivity index is 1.58. The van der Waals surface area contributed by atoms with Gasteiger partial charge < -0.3 is 19.0 Å². The van der Waals surface area contributed by atoms with Gasteiger partial charge in [0.05, 0.1) is 57.4 Å². The number of rotatable bonds is 10. The van der Waals surface area contributed by atoms with Crippen molar-refractivity contribution in [2.45, 2.75) is 32.4 Å². The lowest BCUT2D eigenvalue weighted by molar-refractivity contribution is -0.143. The third kappa shape index (κ3) is 5.81. The molecule has 0 amide bonds. The number of ether oxygens (including phenoxy) is 1. The normalized spacial score (nSPS) is 12.6. The van der Waals surface area contributed by atoms with E-state index in [2.05, 4.69) is 11.1 Å². The number of nitrogens with zero attached hydrogens (tertiary/aromatic N) is 5. The van der Waals surface area contributed by atoms with Crippen LogP contribution in [0.25, 0.3) is 21.9 Å². The van der Waals surface area contributed by atoms with E-state index in [1.54, 1.807) is 73.8 Å². The van der Waals surface area contributed by atoms with Crippen LogP contribution in [-0.2, 0) is 27.3 Å². The first-order valence-corrected chi connectivity index (χ1v) is 14.0. The van der Waals surface area contributed by atoms with E-state index in [1.165, 1.54) is 0 Å². The van der Waals surface area contributed by atoms with Crippen LogP contribution in [0.5, 0.6) is 0 Å². The molecule has 0 bridgehead atoms. The number of carbonyl (C=O) groups is 1. The van der Waals surface area contributed by atoms with Crippen LogP contribution in [-0.4, -0.2) is 41.0 Å². The van der Waals surface area contributed by atoms with E-state index in [0.29, 0.717) is 64.4 Å². The molecule has 11 heteroatoms. The van der Waals surface area contributed by atoms with Crippen LogP contribution in [0.15, 0.2) is 79.0 Å². The van der Waals surface area contributed by atoms with Crippen molar-refractivity contribution in [3.8, 4) is 6.07 Å². The van der Waals surface area contributed by atoms with E-state index in [0.717, 1.165) is 9.69 Å². The number of nitriles is 1. The van der Waals surface area contributed by atoms with Crippen LogP contribution in [0.3, 0.4) is 0 Å². The number of anilines is 2. The molecule has 10 nitrogen and oxygen atoms in total. The Morgan fingerprint density at radius 3 is 2.68 bits per heavy atom. The lowest BCUT2D eigenvalue weighted by Gasteiger charge is -2.27. The monoisotopic (exact) mass is 568 g/mol. The van der Waals surface area contributed by atoms with Crippen molar-refractivity contribution in [3.63, 3.8) is 0 Å². The van der Waals surface area contributed by atoms with Crippen molar-refractivity contribution in [3.05, 3.63) is 95.9 Å².